The first-order valence-electron chi connectivity index (χ1n) is 7.34. The van der Waals surface area contributed by atoms with Crippen molar-refractivity contribution in [2.45, 2.75) is 39.3 Å². The van der Waals surface area contributed by atoms with Crippen LogP contribution in [0.3, 0.4) is 0 Å². The summed E-state index contributed by atoms with van der Waals surface area (Å²) in [6, 6.07) is 6.98. The Morgan fingerprint density at radius 2 is 1.90 bits per heavy atom. The van der Waals surface area contributed by atoms with Gasteiger partial charge in [-0.15, -0.1) is 0 Å². The van der Waals surface area contributed by atoms with Gasteiger partial charge in [-0.2, -0.15) is 0 Å². The molecule has 3 N–H and O–H groups in total. The van der Waals surface area contributed by atoms with Crippen molar-refractivity contribution in [1.82, 2.24) is 10.6 Å². The normalized spacial score (nSPS) is 14.9. The molecule has 3 atom stereocenters. The SMILES string of the molecule is CCC(C)C(C)NC(=O)NCC(O)c1ccc(OC)cc1. The van der Waals surface area contributed by atoms with Gasteiger partial charge in [-0.05, 0) is 30.5 Å². The first-order chi connectivity index (χ1) is 9.97. The molecule has 0 fully saturated rings. The highest BCUT2D eigenvalue weighted by Gasteiger charge is 2.14. The van der Waals surface area contributed by atoms with E-state index in [2.05, 4.69) is 24.5 Å². The predicted octanol–water partition coefficient (Wildman–Crippen LogP) is 2.46. The molecule has 21 heavy (non-hydrogen) atoms. The van der Waals surface area contributed by atoms with Crippen LogP contribution >= 0.6 is 0 Å². The molecule has 1 aromatic rings. The molecule has 3 unspecified atom stereocenters. The number of urea groups is 1. The lowest BCUT2D eigenvalue weighted by Crippen LogP contribution is -2.44. The second kappa shape index (κ2) is 8.52. The number of carbonyl (C=O) groups excluding carboxylic acids is 1. The van der Waals surface area contributed by atoms with Gasteiger partial charge in [-0.3, -0.25) is 0 Å². The molecule has 2 amide bonds. The molecule has 0 spiro atoms. The summed E-state index contributed by atoms with van der Waals surface area (Å²) in [7, 11) is 1.59. The zero-order chi connectivity index (χ0) is 15.8. The lowest BCUT2D eigenvalue weighted by Gasteiger charge is -2.21. The minimum Gasteiger partial charge on any atom is -0.497 e. The number of rotatable bonds is 7. The lowest BCUT2D eigenvalue weighted by molar-refractivity contribution is 0.172. The number of aliphatic hydroxyl groups excluding tert-OH is 1. The van der Waals surface area contributed by atoms with Gasteiger partial charge in [-0.25, -0.2) is 4.79 Å². The molecule has 5 heteroatoms. The van der Waals surface area contributed by atoms with E-state index >= 15 is 0 Å². The number of nitrogens with one attached hydrogen (secondary N) is 2. The van der Waals surface area contributed by atoms with Crippen LogP contribution in [0, 0.1) is 5.92 Å². The Morgan fingerprint density at radius 3 is 2.43 bits per heavy atom. The summed E-state index contributed by atoms with van der Waals surface area (Å²) in [5.74, 6) is 1.15. The first-order valence-corrected chi connectivity index (χ1v) is 7.34. The molecule has 0 saturated carbocycles. The van der Waals surface area contributed by atoms with E-state index in [1.807, 2.05) is 6.92 Å². The van der Waals surface area contributed by atoms with Crippen LogP contribution in [0.2, 0.25) is 0 Å². The number of benzene rings is 1. The van der Waals surface area contributed by atoms with E-state index < -0.39 is 6.10 Å². The quantitative estimate of drug-likeness (QED) is 0.723. The summed E-state index contributed by atoms with van der Waals surface area (Å²) in [5, 5.41) is 15.6. The van der Waals surface area contributed by atoms with Crippen LogP contribution in [-0.4, -0.2) is 30.8 Å². The smallest absolute Gasteiger partial charge is 0.315 e. The molecule has 118 valence electrons. The van der Waals surface area contributed by atoms with Gasteiger partial charge in [0.05, 0.1) is 13.2 Å². The molecular formula is C16H26N2O3. The highest BCUT2D eigenvalue weighted by Crippen LogP contribution is 2.16. The van der Waals surface area contributed by atoms with Crippen molar-refractivity contribution >= 4 is 6.03 Å². The second-order valence-corrected chi connectivity index (χ2v) is 5.32. The zero-order valence-electron chi connectivity index (χ0n) is 13.2. The molecular weight excluding hydrogens is 268 g/mol. The van der Waals surface area contributed by atoms with Crippen LogP contribution in [0.5, 0.6) is 5.75 Å². The Kier molecular flexibility index (Phi) is 7.02. The number of carbonyl (C=O) groups is 1. The number of amides is 2. The van der Waals surface area contributed by atoms with Crippen molar-refractivity contribution < 1.29 is 14.6 Å². The Hall–Kier alpha value is -1.75. The maximum absolute atomic E-state index is 11.8. The van der Waals surface area contributed by atoms with E-state index in [9.17, 15) is 9.90 Å². The predicted molar refractivity (Wildman–Crippen MR) is 83.4 cm³/mol. The van der Waals surface area contributed by atoms with E-state index in [0.717, 1.165) is 17.7 Å². The molecule has 0 aliphatic rings. The average Bonchev–Trinajstić information content (AvgIpc) is 2.51. The maximum atomic E-state index is 11.8. The minimum absolute atomic E-state index is 0.105. The number of hydrogen-bond acceptors (Lipinski definition) is 3. The molecule has 1 aromatic carbocycles. The topological polar surface area (TPSA) is 70.6 Å². The van der Waals surface area contributed by atoms with E-state index in [1.165, 1.54) is 0 Å². The minimum atomic E-state index is -0.736. The molecule has 0 aliphatic carbocycles. The van der Waals surface area contributed by atoms with Crippen molar-refractivity contribution in [2.75, 3.05) is 13.7 Å². The van der Waals surface area contributed by atoms with Crippen LogP contribution in [-0.2, 0) is 0 Å². The van der Waals surface area contributed by atoms with Gasteiger partial charge in [-0.1, -0.05) is 32.4 Å². The third-order valence-electron chi connectivity index (χ3n) is 3.81. The summed E-state index contributed by atoms with van der Waals surface area (Å²) >= 11 is 0. The van der Waals surface area contributed by atoms with Gasteiger partial charge in [0.25, 0.3) is 0 Å². The van der Waals surface area contributed by atoms with Crippen molar-refractivity contribution in [3.8, 4) is 5.75 Å². The summed E-state index contributed by atoms with van der Waals surface area (Å²) < 4.78 is 5.06. The third kappa shape index (κ3) is 5.63. The fourth-order valence-electron chi connectivity index (χ4n) is 1.89. The molecule has 0 bridgehead atoms. The monoisotopic (exact) mass is 294 g/mol. The molecule has 0 aliphatic heterocycles. The Morgan fingerprint density at radius 1 is 1.29 bits per heavy atom. The van der Waals surface area contributed by atoms with Crippen molar-refractivity contribution in [2.24, 2.45) is 5.92 Å². The van der Waals surface area contributed by atoms with Gasteiger partial charge < -0.3 is 20.5 Å². The van der Waals surface area contributed by atoms with Crippen LogP contribution < -0.4 is 15.4 Å². The average molecular weight is 294 g/mol. The van der Waals surface area contributed by atoms with Crippen molar-refractivity contribution in [3.05, 3.63) is 29.8 Å². The first kappa shape index (κ1) is 17.3. The molecule has 0 saturated heterocycles. The molecule has 5 nitrogen and oxygen atoms in total. The zero-order valence-corrected chi connectivity index (χ0v) is 13.2. The molecule has 0 heterocycles. The largest absolute Gasteiger partial charge is 0.497 e. The number of aliphatic hydroxyl groups is 1. The molecule has 1 rings (SSSR count). The second-order valence-electron chi connectivity index (χ2n) is 5.32. The van der Waals surface area contributed by atoms with E-state index in [4.69, 9.17) is 4.74 Å². The molecule has 0 aromatic heterocycles. The van der Waals surface area contributed by atoms with Crippen LogP contribution in [0.15, 0.2) is 24.3 Å². The van der Waals surface area contributed by atoms with Gasteiger partial charge in [0.15, 0.2) is 0 Å². The van der Waals surface area contributed by atoms with Crippen LogP contribution in [0.25, 0.3) is 0 Å². The van der Waals surface area contributed by atoms with Gasteiger partial charge >= 0.3 is 6.03 Å². The Bertz CT molecular complexity index is 434. The summed E-state index contributed by atoms with van der Waals surface area (Å²) in [4.78, 5) is 11.8. The van der Waals surface area contributed by atoms with E-state index in [1.54, 1.807) is 31.4 Å². The third-order valence-corrected chi connectivity index (χ3v) is 3.81. The van der Waals surface area contributed by atoms with Gasteiger partial charge in [0.2, 0.25) is 0 Å². The van der Waals surface area contributed by atoms with Crippen LogP contribution in [0.1, 0.15) is 38.9 Å². The Balaban J connectivity index is 2.41. The number of hydrogen-bond donors (Lipinski definition) is 3. The van der Waals surface area contributed by atoms with Crippen LogP contribution in [0.4, 0.5) is 4.79 Å². The van der Waals surface area contributed by atoms with Gasteiger partial charge in [0, 0.05) is 12.6 Å². The fraction of sp³-hybridized carbons (Fsp3) is 0.562. The highest BCUT2D eigenvalue weighted by atomic mass is 16.5. The van der Waals surface area contributed by atoms with Crippen molar-refractivity contribution in [1.29, 1.82) is 0 Å². The summed E-state index contributed by atoms with van der Waals surface area (Å²) in [6.45, 7) is 6.34. The Labute approximate surface area is 126 Å². The van der Waals surface area contributed by atoms with E-state index in [0.29, 0.717) is 5.92 Å². The summed E-state index contributed by atoms with van der Waals surface area (Å²) in [5.41, 5.74) is 0.742. The van der Waals surface area contributed by atoms with Gasteiger partial charge in [0.1, 0.15) is 5.75 Å². The number of methoxy groups -OCH3 is 1. The number of ether oxygens (including phenoxy) is 1. The maximum Gasteiger partial charge on any atom is 0.315 e. The van der Waals surface area contributed by atoms with E-state index in [-0.39, 0.29) is 18.6 Å². The lowest BCUT2D eigenvalue weighted by atomic mass is 10.0. The summed E-state index contributed by atoms with van der Waals surface area (Å²) in [6.07, 6.45) is 0.274. The molecule has 0 radical (unpaired) electrons. The van der Waals surface area contributed by atoms with Crippen molar-refractivity contribution in [3.63, 3.8) is 0 Å². The fourth-order valence-corrected chi connectivity index (χ4v) is 1.89. The standard InChI is InChI=1S/C16H26N2O3/c1-5-11(2)12(3)18-16(20)17-10-15(19)13-6-8-14(21-4)9-7-13/h6-9,11-12,15,19H,5,10H2,1-4H3,(H2,17,18,20). The highest BCUT2D eigenvalue weighted by molar-refractivity contribution is 5.74.